The summed E-state index contributed by atoms with van der Waals surface area (Å²) in [5, 5.41) is 54.7. The van der Waals surface area contributed by atoms with E-state index in [0.29, 0.717) is 25.7 Å². The average molecular weight is 918 g/mol. The molecule has 0 aliphatic carbocycles. The zero-order valence-corrected chi connectivity index (χ0v) is 40.4. The van der Waals surface area contributed by atoms with Crippen LogP contribution >= 0.6 is 0 Å². The highest BCUT2D eigenvalue weighted by Gasteiger charge is 2.17. The van der Waals surface area contributed by atoms with Crippen LogP contribution in [-0.2, 0) is 43.1 Å². The summed E-state index contributed by atoms with van der Waals surface area (Å²) in [4.78, 5) is 76.7. The Bertz CT molecular complexity index is 1220. The second-order valence-corrected chi connectivity index (χ2v) is 11.3. The van der Waals surface area contributed by atoms with Crippen molar-refractivity contribution in [1.29, 1.82) is 0 Å². The molecule has 1 rings (SSSR count). The summed E-state index contributed by atoms with van der Waals surface area (Å²) in [6, 6.07) is 0. The van der Waals surface area contributed by atoms with E-state index < -0.39 is 35.8 Å². The normalized spacial score (nSPS) is 11.2. The van der Waals surface area contributed by atoms with Gasteiger partial charge < -0.3 is 45.3 Å². The van der Waals surface area contributed by atoms with Crippen LogP contribution in [0.5, 0.6) is 0 Å². The van der Waals surface area contributed by atoms with E-state index in [1.54, 1.807) is 56.4 Å². The maximum Gasteiger partial charge on any atom is 0.327 e. The molecule has 0 spiro atoms. The lowest BCUT2D eigenvalue weighted by molar-refractivity contribution is -0.141. The van der Waals surface area contributed by atoms with Crippen LogP contribution in [0, 0.1) is 0 Å². The van der Waals surface area contributed by atoms with Crippen LogP contribution in [0.25, 0.3) is 0 Å². The van der Waals surface area contributed by atoms with Gasteiger partial charge in [0.2, 0.25) is 0 Å². The highest BCUT2D eigenvalue weighted by atomic mass is 16.5. The molecule has 1 atom stereocenters. The van der Waals surface area contributed by atoms with Crippen molar-refractivity contribution in [3.8, 4) is 0 Å². The summed E-state index contributed by atoms with van der Waals surface area (Å²) < 4.78 is 4.72. The number of hydrogen-bond donors (Lipinski definition) is 7. The first-order valence-corrected chi connectivity index (χ1v) is 20.5. The highest BCUT2D eigenvalue weighted by molar-refractivity contribution is 5.80. The smallest absolute Gasteiger partial charge is 0.327 e. The number of unbranched alkanes of at least 4 members (excludes halogenated alkanes) is 1. The fraction of sp³-hybridized carbons (Fsp3) is 0.500. The number of ether oxygens (including phenoxy) is 1. The van der Waals surface area contributed by atoms with Crippen molar-refractivity contribution in [2.75, 3.05) is 0 Å². The minimum atomic E-state index is -0.873. The number of esters is 1. The van der Waals surface area contributed by atoms with E-state index in [1.807, 2.05) is 85.8 Å². The lowest BCUT2D eigenvalue weighted by atomic mass is 10.3. The number of cyclic esters (lactones) is 1. The number of carbonyl (C=O) groups excluding carboxylic acids is 1. The van der Waals surface area contributed by atoms with Crippen molar-refractivity contribution in [1.82, 2.24) is 0 Å². The molecule has 0 saturated carbocycles. The van der Waals surface area contributed by atoms with Crippen LogP contribution in [0.2, 0.25) is 0 Å². The molecule has 1 aliphatic heterocycles. The molecule has 1 heterocycles. The summed E-state index contributed by atoms with van der Waals surface area (Å²) >= 11 is 0. The van der Waals surface area contributed by atoms with Gasteiger partial charge in [0.1, 0.15) is 0 Å². The zero-order chi connectivity index (χ0) is 52.4. The van der Waals surface area contributed by atoms with E-state index in [2.05, 4.69) is 20.1 Å². The van der Waals surface area contributed by atoms with Crippen LogP contribution in [0.1, 0.15) is 155 Å². The summed E-state index contributed by atoms with van der Waals surface area (Å²) in [5.74, 6) is -4.81. The van der Waals surface area contributed by atoms with Crippen molar-refractivity contribution >= 4 is 48.3 Å². The van der Waals surface area contributed by atoms with Crippen molar-refractivity contribution < 1.29 is 80.3 Å². The highest BCUT2D eigenvalue weighted by Crippen LogP contribution is 2.11. The van der Waals surface area contributed by atoms with Crippen molar-refractivity contribution in [2.24, 2.45) is 0 Å². The number of hydrogen-bond acceptors (Lipinski definition) is 9. The van der Waals surface area contributed by atoms with Crippen molar-refractivity contribution in [3.63, 3.8) is 0 Å². The summed E-state index contributed by atoms with van der Waals surface area (Å²) in [6.07, 6.45) is 31.0. The monoisotopic (exact) mass is 918 g/mol. The second-order valence-electron chi connectivity index (χ2n) is 11.3. The van der Waals surface area contributed by atoms with E-state index in [9.17, 15) is 33.6 Å². The third kappa shape index (κ3) is 189. The summed E-state index contributed by atoms with van der Waals surface area (Å²) in [6.45, 7) is 28.7. The molecule has 374 valence electrons. The molecule has 0 amide bonds. The number of aliphatic carboxylic acids is 6. The van der Waals surface area contributed by atoms with E-state index in [0.717, 1.165) is 50.7 Å². The van der Waals surface area contributed by atoms with Gasteiger partial charge in [-0.3, -0.25) is 24.0 Å². The van der Waals surface area contributed by atoms with Gasteiger partial charge in [-0.2, -0.15) is 0 Å². The average Bonchev–Trinajstić information content (AvgIpc) is 3.65. The van der Waals surface area contributed by atoms with Crippen molar-refractivity contribution in [3.05, 3.63) is 98.2 Å². The predicted molar refractivity (Wildman–Crippen MR) is 259 cm³/mol. The first-order chi connectivity index (χ1) is 30.1. The Kier molecular flexibility index (Phi) is 107. The third-order valence-electron chi connectivity index (χ3n) is 5.40. The standard InChI is InChI=1S/C5H8O2.C5H10O2.5C5H8O2.3C4H8.CHO2.H2/c1-4-2-3-5(6)7-4;6*1-2-3-4-5(6)7;3*1-3-4-2;2-1-3;/h4H,2-3H2,1H3;2-4H2,1H3,(H,6,7);2*3-4H,2H2,1H3,(H,6,7);2*2-3H,4H2,1H3,(H,6,7);2H,1,3-4H2,(H,6,7);2*3-4H,1-2H3;3H,1,4H2,2H3;(H,2,3);1H/q;;;;;;;;;;-1;/b;;4-3+;4-3-;3-2+;3-2-;;4-3+;4-3-;;;. The van der Waals surface area contributed by atoms with Gasteiger partial charge in [-0.05, 0) is 87.0 Å². The Hall–Kier alpha value is -6.32. The molecular weight excluding hydrogens is 833 g/mol. The van der Waals surface area contributed by atoms with Gasteiger partial charge in [-0.15, -0.1) is 13.2 Å². The molecule has 0 radical (unpaired) electrons. The van der Waals surface area contributed by atoms with Crippen LogP contribution in [0.3, 0.4) is 0 Å². The van der Waals surface area contributed by atoms with E-state index in [1.165, 1.54) is 0 Å². The molecule has 1 saturated heterocycles. The fourth-order valence-corrected chi connectivity index (χ4v) is 2.09. The van der Waals surface area contributed by atoms with Gasteiger partial charge in [-0.1, -0.05) is 114 Å². The molecule has 16 nitrogen and oxygen atoms in total. The van der Waals surface area contributed by atoms with Crippen molar-refractivity contribution in [2.45, 2.75) is 159 Å². The number of rotatable bonds is 15. The molecule has 0 aromatic heterocycles. The Morgan fingerprint density at radius 1 is 0.625 bits per heavy atom. The SMILES string of the molecule is C/C=C/C.C/C=C/CC(=O)O.C/C=C\C.C/C=C\CC(=O)O.C=CCC.C=CCCC(=O)O.CC/C=C/C(=O)O.CC/C=C\C(=O)O.CC1CCC(=O)O1.CCCCC(=O)O.O=[C-]O.[HH]. The molecule has 64 heavy (non-hydrogen) atoms. The van der Waals surface area contributed by atoms with E-state index >= 15 is 0 Å². The molecule has 0 bridgehead atoms. The molecule has 1 aliphatic rings. The topological polar surface area (TPSA) is 287 Å². The second kappa shape index (κ2) is 84.2. The largest absolute Gasteiger partial charge is 0.665 e. The Morgan fingerprint density at radius 2 is 0.969 bits per heavy atom. The number of carboxylic acid groups (broad SMARTS) is 6. The van der Waals surface area contributed by atoms with Crippen LogP contribution in [0.4, 0.5) is 0 Å². The molecule has 0 aromatic rings. The van der Waals surface area contributed by atoms with Gasteiger partial charge in [0, 0.05) is 32.8 Å². The van der Waals surface area contributed by atoms with E-state index in [4.69, 9.17) is 45.3 Å². The van der Waals surface area contributed by atoms with Gasteiger partial charge >= 0.3 is 41.8 Å². The number of aliphatic hydroxyl groups excluding tert-OH is 1. The Labute approximate surface area is 385 Å². The summed E-state index contributed by atoms with van der Waals surface area (Å²) in [5.41, 5.74) is 0. The third-order valence-corrected chi connectivity index (χ3v) is 5.40. The molecule has 1 unspecified atom stereocenters. The fourth-order valence-electron chi connectivity index (χ4n) is 2.09. The molecule has 16 heteroatoms. The van der Waals surface area contributed by atoms with Gasteiger partial charge in [0.25, 0.3) is 0 Å². The maximum atomic E-state index is 10.2. The Morgan fingerprint density at radius 3 is 1.05 bits per heavy atom. The van der Waals surface area contributed by atoms with Crippen LogP contribution in [-0.4, -0.2) is 90.1 Å². The first-order valence-electron chi connectivity index (χ1n) is 20.5. The molecule has 1 fully saturated rings. The van der Waals surface area contributed by atoms with Crippen LogP contribution < -0.4 is 0 Å². The van der Waals surface area contributed by atoms with E-state index in [-0.39, 0.29) is 32.8 Å². The lowest BCUT2D eigenvalue weighted by Crippen LogP contribution is -1.98. The van der Waals surface area contributed by atoms with Gasteiger partial charge in [-0.25, -0.2) is 9.59 Å². The number of carboxylic acids is 6. The lowest BCUT2D eigenvalue weighted by Gasteiger charge is -1.95. The number of allylic oxidation sites excluding steroid dienone is 10. The number of carbonyl (C=O) groups is 7. The zero-order valence-electron chi connectivity index (χ0n) is 40.4. The summed E-state index contributed by atoms with van der Waals surface area (Å²) in [7, 11) is 0. The predicted octanol–water partition coefficient (Wildman–Crippen LogP) is 11.8. The minimum absolute atomic E-state index is 0. The van der Waals surface area contributed by atoms with Crippen LogP contribution in [0.15, 0.2) is 98.2 Å². The quantitative estimate of drug-likeness (QED) is 0.0348. The molecule has 7 N–H and O–H groups in total. The maximum absolute atomic E-state index is 10.2. The molecule has 0 aromatic carbocycles. The van der Waals surface area contributed by atoms with Gasteiger partial charge in [0.15, 0.2) is 0 Å². The Balaban J connectivity index is -0.0000000553. The first kappa shape index (κ1) is 81.5. The molecular formula is C48H85O16-. The van der Waals surface area contributed by atoms with Gasteiger partial charge in [0.05, 0.1) is 18.9 Å². The minimum Gasteiger partial charge on any atom is -0.665 e.